The maximum Gasteiger partial charge on any atom is 0.283 e. The van der Waals surface area contributed by atoms with Crippen LogP contribution in [0.4, 0.5) is 0 Å². The molecule has 2 aromatic rings. The van der Waals surface area contributed by atoms with Crippen LogP contribution in [0.3, 0.4) is 0 Å². The summed E-state index contributed by atoms with van der Waals surface area (Å²) in [6.45, 7) is 0.107. The second-order valence-electron chi connectivity index (χ2n) is 8.14. The molecule has 0 aliphatic carbocycles. The fraction of sp³-hybridized carbons (Fsp3) is 0.304. The van der Waals surface area contributed by atoms with Gasteiger partial charge in [0.2, 0.25) is 5.91 Å². The molecule has 2 amide bonds. The molecule has 3 rings (SSSR count). The first kappa shape index (κ1) is 25.5. The molecule has 0 saturated carbocycles. The zero-order valence-electron chi connectivity index (χ0n) is 18.7. The van der Waals surface area contributed by atoms with Gasteiger partial charge in [0.15, 0.2) is 6.04 Å². The lowest BCUT2D eigenvalue weighted by atomic mass is 9.97. The monoisotopic (exact) mass is 486 g/mol. The van der Waals surface area contributed by atoms with E-state index in [0.717, 1.165) is 4.90 Å². The Balaban J connectivity index is 1.53. The smallest absolute Gasteiger partial charge is 0.283 e. The van der Waals surface area contributed by atoms with Crippen molar-refractivity contribution in [3.63, 3.8) is 0 Å². The molecule has 12 nitrogen and oxygen atoms in total. The summed E-state index contributed by atoms with van der Waals surface area (Å²) < 4.78 is 5.45. The summed E-state index contributed by atoms with van der Waals surface area (Å²) in [6, 6.07) is 7.89. The van der Waals surface area contributed by atoms with Crippen LogP contribution in [0.5, 0.6) is 11.5 Å². The van der Waals surface area contributed by atoms with Gasteiger partial charge in [0.1, 0.15) is 23.6 Å². The number of quaternary nitrogens is 2. The maximum absolute atomic E-state index is 12.6. The Morgan fingerprint density at radius 1 is 1.03 bits per heavy atom. The average molecular weight is 486 g/mol. The highest BCUT2D eigenvalue weighted by Crippen LogP contribution is 2.28. The van der Waals surface area contributed by atoms with E-state index in [1.807, 2.05) is 0 Å². The Bertz CT molecular complexity index is 1090. The number of phenolic OH excluding ortho intramolecular Hbond substituents is 1. The highest BCUT2D eigenvalue weighted by molar-refractivity contribution is 5.96. The Hall–Kier alpha value is -4.16. The molecule has 12 heteroatoms. The van der Waals surface area contributed by atoms with Crippen LogP contribution in [0.2, 0.25) is 0 Å². The molecule has 0 unspecified atom stereocenters. The van der Waals surface area contributed by atoms with Crippen molar-refractivity contribution < 1.29 is 50.7 Å². The van der Waals surface area contributed by atoms with Crippen LogP contribution in [0.15, 0.2) is 48.5 Å². The van der Waals surface area contributed by atoms with E-state index in [2.05, 4.69) is 16.8 Å². The topological polar surface area (TPSA) is 214 Å². The average Bonchev–Trinajstić information content (AvgIpc) is 2.83. The van der Waals surface area contributed by atoms with Crippen molar-refractivity contribution in [2.24, 2.45) is 0 Å². The molecule has 1 saturated heterocycles. The number of β-lactam (4-membered cyclic amide) rings is 1. The number of carboxylic acids is 2. The summed E-state index contributed by atoms with van der Waals surface area (Å²) in [5, 5.41) is 34.3. The fourth-order valence-electron chi connectivity index (χ4n) is 3.55. The number of hydrogen-bond donors (Lipinski definition) is 4. The lowest BCUT2D eigenvalue weighted by molar-refractivity contribution is -0.438. The molecule has 186 valence electrons. The summed E-state index contributed by atoms with van der Waals surface area (Å²) in [5.74, 6) is -3.39. The third kappa shape index (κ3) is 6.05. The molecular weight excluding hydrogens is 460 g/mol. The van der Waals surface area contributed by atoms with E-state index in [4.69, 9.17) is 4.74 Å². The number of carbonyl (C=O) groups is 4. The quantitative estimate of drug-likeness (QED) is 0.227. The Morgan fingerprint density at radius 2 is 1.63 bits per heavy atom. The summed E-state index contributed by atoms with van der Waals surface area (Å²) in [5.41, 5.74) is 8.10. The zero-order chi connectivity index (χ0) is 25.7. The zero-order valence-corrected chi connectivity index (χ0v) is 18.7. The van der Waals surface area contributed by atoms with Gasteiger partial charge in [0, 0.05) is 12.0 Å². The number of aromatic hydroxyl groups is 1. The third-order valence-corrected chi connectivity index (χ3v) is 5.69. The van der Waals surface area contributed by atoms with Crippen molar-refractivity contribution in [3.8, 4) is 11.5 Å². The van der Waals surface area contributed by atoms with Crippen LogP contribution in [0.1, 0.15) is 29.6 Å². The number of aliphatic carboxylic acids is 2. The van der Waals surface area contributed by atoms with Gasteiger partial charge in [-0.3, -0.25) is 9.59 Å². The van der Waals surface area contributed by atoms with Crippen molar-refractivity contribution in [2.45, 2.75) is 30.6 Å². The first-order valence-electron chi connectivity index (χ1n) is 10.8. The summed E-state index contributed by atoms with van der Waals surface area (Å²) >= 11 is 0. The molecule has 0 radical (unpaired) electrons. The Morgan fingerprint density at radius 3 is 2.17 bits per heavy atom. The van der Waals surface area contributed by atoms with E-state index in [0.29, 0.717) is 11.3 Å². The van der Waals surface area contributed by atoms with Gasteiger partial charge in [-0.15, -0.1) is 0 Å². The molecule has 1 fully saturated rings. The number of nitrogens with one attached hydrogen (secondary N) is 1. The standard InChI is InChI=1S/C23H26N4O8/c24-16(22(31)32)9-10-35-15-7-3-12(4-8-15)18(25)20(29)26-17-11-27(21(17)30)19(23(33)34)13-1-5-14(28)6-2-13/h1-8,16-19,28H,9-11,24-25H2,(H,26,29)(H,31,32)(H,33,34)/t16-,17+,18-,19-/m1/s1. The van der Waals surface area contributed by atoms with Gasteiger partial charge in [-0.1, -0.05) is 12.1 Å². The minimum absolute atomic E-state index is 0.0251. The molecule has 4 atom stereocenters. The normalized spacial score (nSPS) is 17.6. The van der Waals surface area contributed by atoms with E-state index in [1.54, 1.807) is 24.3 Å². The number of carbonyl (C=O) groups excluding carboxylic acids is 4. The van der Waals surface area contributed by atoms with Crippen molar-refractivity contribution in [1.82, 2.24) is 10.2 Å². The summed E-state index contributed by atoms with van der Waals surface area (Å²) in [7, 11) is 0. The molecule has 1 aliphatic heterocycles. The molecule has 8 N–H and O–H groups in total. The number of rotatable bonds is 11. The van der Waals surface area contributed by atoms with Gasteiger partial charge < -0.3 is 51.3 Å². The lowest BCUT2D eigenvalue weighted by Gasteiger charge is -2.44. The van der Waals surface area contributed by atoms with Crippen LogP contribution in [0, 0.1) is 0 Å². The highest BCUT2D eigenvalue weighted by atomic mass is 16.5. The number of amides is 2. The van der Waals surface area contributed by atoms with Crippen LogP contribution >= 0.6 is 0 Å². The van der Waals surface area contributed by atoms with E-state index < -0.39 is 47.9 Å². The van der Waals surface area contributed by atoms with Crippen LogP contribution in [-0.4, -0.2) is 59.0 Å². The highest BCUT2D eigenvalue weighted by Gasteiger charge is 2.43. The fourth-order valence-corrected chi connectivity index (χ4v) is 3.55. The molecular formula is C23H26N4O8. The van der Waals surface area contributed by atoms with Crippen molar-refractivity contribution in [2.75, 3.05) is 13.2 Å². The van der Waals surface area contributed by atoms with Gasteiger partial charge in [-0.25, -0.2) is 0 Å². The van der Waals surface area contributed by atoms with Gasteiger partial charge in [0.05, 0.1) is 31.1 Å². The molecule has 1 aliphatic rings. The summed E-state index contributed by atoms with van der Waals surface area (Å²) in [6.07, 6.45) is 0.183. The lowest BCUT2D eigenvalue weighted by Crippen LogP contribution is -2.69. The number of benzene rings is 2. The number of ether oxygens (including phenoxy) is 1. The predicted octanol–water partition coefficient (Wildman–Crippen LogP) is -4.38. The van der Waals surface area contributed by atoms with Crippen molar-refractivity contribution in [3.05, 3.63) is 59.7 Å². The van der Waals surface area contributed by atoms with E-state index in [9.17, 15) is 34.5 Å². The first-order valence-corrected chi connectivity index (χ1v) is 10.8. The Labute approximate surface area is 200 Å². The third-order valence-electron chi connectivity index (χ3n) is 5.69. The van der Waals surface area contributed by atoms with E-state index >= 15 is 0 Å². The van der Waals surface area contributed by atoms with Crippen LogP contribution in [0.25, 0.3) is 0 Å². The van der Waals surface area contributed by atoms with Gasteiger partial charge in [-0.2, -0.15) is 0 Å². The number of nitrogens with zero attached hydrogens (tertiary/aromatic N) is 1. The van der Waals surface area contributed by atoms with Gasteiger partial charge >= 0.3 is 0 Å². The largest absolute Gasteiger partial charge is 0.548 e. The second-order valence-corrected chi connectivity index (χ2v) is 8.14. The van der Waals surface area contributed by atoms with Crippen LogP contribution < -0.4 is 31.7 Å². The number of phenols is 1. The maximum atomic E-state index is 12.6. The van der Waals surface area contributed by atoms with E-state index in [1.165, 1.54) is 24.3 Å². The minimum Gasteiger partial charge on any atom is -0.548 e. The van der Waals surface area contributed by atoms with Gasteiger partial charge in [-0.05, 0) is 42.0 Å². The molecule has 0 aromatic heterocycles. The predicted molar refractivity (Wildman–Crippen MR) is 113 cm³/mol. The summed E-state index contributed by atoms with van der Waals surface area (Å²) in [4.78, 5) is 48.6. The van der Waals surface area contributed by atoms with Crippen molar-refractivity contribution >= 4 is 23.8 Å². The van der Waals surface area contributed by atoms with Gasteiger partial charge in [0.25, 0.3) is 5.91 Å². The molecule has 1 heterocycles. The molecule has 0 spiro atoms. The van der Waals surface area contributed by atoms with Crippen molar-refractivity contribution in [1.29, 1.82) is 0 Å². The number of carboxylic acid groups (broad SMARTS) is 2. The molecule has 0 bridgehead atoms. The Kier molecular flexibility index (Phi) is 7.89. The molecule has 35 heavy (non-hydrogen) atoms. The first-order chi connectivity index (χ1) is 16.6. The number of hydrogen-bond acceptors (Lipinski definition) is 8. The van der Waals surface area contributed by atoms with Crippen LogP contribution in [-0.2, 0) is 19.2 Å². The van der Waals surface area contributed by atoms with E-state index in [-0.39, 0.29) is 30.9 Å². The SMILES string of the molecule is [NH3+][C@H](CCOc1ccc([C@@H]([NH3+])C(=O)N[C@H]2CN([C@@H](C(=O)[O-])c3ccc(O)cc3)C2=O)cc1)C(=O)[O-]. The second kappa shape index (κ2) is 10.8. The molecule has 2 aromatic carbocycles. The minimum atomic E-state index is -1.48. The number of likely N-dealkylation sites (tertiary alicyclic amines) is 1.